The zero-order chi connectivity index (χ0) is 25.0. The van der Waals surface area contributed by atoms with Crippen molar-refractivity contribution in [1.29, 1.82) is 0 Å². The van der Waals surface area contributed by atoms with Crippen molar-refractivity contribution < 1.29 is 44.2 Å². The first-order valence-corrected chi connectivity index (χ1v) is 11.7. The Morgan fingerprint density at radius 3 is 2.29 bits per heavy atom. The Bertz CT molecular complexity index is 664. The maximum absolute atomic E-state index is 11.1. The Morgan fingerprint density at radius 2 is 1.68 bits per heavy atom. The number of aliphatic hydroxyl groups is 4. The molecule has 3 rings (SSSR count). The van der Waals surface area contributed by atoms with Crippen molar-refractivity contribution in [2.75, 3.05) is 19.7 Å². The Balaban J connectivity index is 1.77. The summed E-state index contributed by atoms with van der Waals surface area (Å²) in [6.45, 7) is -0.0295. The molecular weight excluding hydrogens is 454 g/mol. The summed E-state index contributed by atoms with van der Waals surface area (Å²) in [6, 6.07) is -1.70. The Kier molecular flexibility index (Phi) is 9.97. The third kappa shape index (κ3) is 6.40. The number of amides is 1. The van der Waals surface area contributed by atoms with E-state index in [-0.39, 0.29) is 25.5 Å². The van der Waals surface area contributed by atoms with Gasteiger partial charge >= 0.3 is 0 Å². The number of nitrogens with one attached hydrogen (secondary N) is 1. The first-order chi connectivity index (χ1) is 16.2. The highest BCUT2D eigenvalue weighted by Crippen LogP contribution is 2.32. The molecule has 14 heteroatoms. The third-order valence-electron chi connectivity index (χ3n) is 6.64. The fourth-order valence-electron chi connectivity index (χ4n) is 4.62. The van der Waals surface area contributed by atoms with Gasteiger partial charge in [-0.15, -0.1) is 0 Å². The van der Waals surface area contributed by atoms with Gasteiger partial charge in [0, 0.05) is 31.6 Å². The van der Waals surface area contributed by atoms with Crippen molar-refractivity contribution in [3.8, 4) is 0 Å². The van der Waals surface area contributed by atoms with Gasteiger partial charge < -0.3 is 67.6 Å². The van der Waals surface area contributed by atoms with E-state index in [9.17, 15) is 25.2 Å². The number of primary amides is 1. The predicted octanol–water partition coefficient (Wildman–Crippen LogP) is -5.09. The van der Waals surface area contributed by atoms with Gasteiger partial charge in [-0.2, -0.15) is 0 Å². The smallest absolute Gasteiger partial charge is 0.218 e. The molecule has 0 radical (unpaired) electrons. The van der Waals surface area contributed by atoms with E-state index in [1.807, 2.05) is 0 Å². The molecule has 1 amide bonds. The fourth-order valence-corrected chi connectivity index (χ4v) is 4.62. The molecule has 3 fully saturated rings. The van der Waals surface area contributed by atoms with Crippen LogP contribution in [-0.4, -0.2) is 119 Å². The first kappa shape index (κ1) is 27.6. The summed E-state index contributed by atoms with van der Waals surface area (Å²) < 4.78 is 23.3. The molecule has 1 saturated carbocycles. The van der Waals surface area contributed by atoms with Crippen molar-refractivity contribution in [3.05, 3.63) is 0 Å². The molecule has 2 saturated heterocycles. The van der Waals surface area contributed by atoms with E-state index in [1.54, 1.807) is 0 Å². The van der Waals surface area contributed by atoms with Crippen LogP contribution in [0.1, 0.15) is 25.7 Å². The number of nitrogens with two attached hydrogens (primary N) is 4. The normalized spacial score (nSPS) is 45.4. The lowest BCUT2D eigenvalue weighted by atomic mass is 9.83. The molecule has 14 nitrogen and oxygen atoms in total. The van der Waals surface area contributed by atoms with Crippen LogP contribution in [0.3, 0.4) is 0 Å². The lowest BCUT2D eigenvalue weighted by Crippen LogP contribution is -2.66. The quantitative estimate of drug-likeness (QED) is 0.138. The number of aliphatic hydroxyl groups excluding tert-OH is 4. The molecule has 0 bridgehead atoms. The summed E-state index contributed by atoms with van der Waals surface area (Å²) >= 11 is 0. The second-order valence-electron chi connectivity index (χ2n) is 9.18. The monoisotopic (exact) mass is 493 g/mol. The van der Waals surface area contributed by atoms with Crippen molar-refractivity contribution in [3.63, 3.8) is 0 Å². The van der Waals surface area contributed by atoms with Crippen LogP contribution in [0.4, 0.5) is 0 Å². The molecule has 198 valence electrons. The van der Waals surface area contributed by atoms with E-state index in [2.05, 4.69) is 5.32 Å². The van der Waals surface area contributed by atoms with Gasteiger partial charge in [-0.1, -0.05) is 0 Å². The molecule has 2 aliphatic heterocycles. The Hall–Kier alpha value is -1.01. The Labute approximate surface area is 197 Å². The van der Waals surface area contributed by atoms with Crippen molar-refractivity contribution in [2.24, 2.45) is 22.9 Å². The molecule has 0 spiro atoms. The van der Waals surface area contributed by atoms with Gasteiger partial charge in [0.2, 0.25) is 5.91 Å². The van der Waals surface area contributed by atoms with E-state index in [4.69, 9.17) is 41.9 Å². The molecule has 1 aliphatic carbocycles. The second kappa shape index (κ2) is 12.3. The molecule has 3 aliphatic rings. The van der Waals surface area contributed by atoms with Gasteiger partial charge in [0.05, 0.1) is 24.9 Å². The maximum Gasteiger partial charge on any atom is 0.218 e. The average molecular weight is 494 g/mol. The number of carbonyl (C=O) groups excluding carboxylic acids is 1. The van der Waals surface area contributed by atoms with E-state index < -0.39 is 79.8 Å². The van der Waals surface area contributed by atoms with Gasteiger partial charge in [0.1, 0.15) is 30.5 Å². The fraction of sp³-hybridized carbons (Fsp3) is 0.950. The topological polar surface area (TPSA) is 251 Å². The van der Waals surface area contributed by atoms with Crippen LogP contribution in [-0.2, 0) is 23.7 Å². The summed E-state index contributed by atoms with van der Waals surface area (Å²) in [5, 5.41) is 44.0. The minimum absolute atomic E-state index is 0.0595. The van der Waals surface area contributed by atoms with E-state index in [0.29, 0.717) is 19.4 Å². The van der Waals surface area contributed by atoms with E-state index >= 15 is 0 Å². The first-order valence-electron chi connectivity index (χ1n) is 11.7. The number of ether oxygens (including phenoxy) is 4. The van der Waals surface area contributed by atoms with Crippen LogP contribution in [0, 0.1) is 0 Å². The second-order valence-corrected chi connectivity index (χ2v) is 9.18. The zero-order valence-electron chi connectivity index (χ0n) is 19.0. The summed E-state index contributed by atoms with van der Waals surface area (Å²) in [5.41, 5.74) is 23.5. The van der Waals surface area contributed by atoms with Crippen LogP contribution < -0.4 is 28.3 Å². The van der Waals surface area contributed by atoms with E-state index in [0.717, 1.165) is 0 Å². The number of carbonyl (C=O) groups is 1. The number of hydrogen-bond acceptors (Lipinski definition) is 13. The Morgan fingerprint density at radius 1 is 0.971 bits per heavy atom. The maximum atomic E-state index is 11.1. The number of rotatable bonds is 10. The zero-order valence-corrected chi connectivity index (χ0v) is 19.0. The van der Waals surface area contributed by atoms with Gasteiger partial charge in [0.25, 0.3) is 0 Å². The summed E-state index contributed by atoms with van der Waals surface area (Å²) in [7, 11) is 0. The van der Waals surface area contributed by atoms with Crippen LogP contribution in [0.25, 0.3) is 0 Å². The summed E-state index contributed by atoms with van der Waals surface area (Å²) in [5.74, 6) is -0.500. The SMILES string of the molecule is NC[C@@H]1CC[C@@H](N)[C@@H](O[C@H]2[C@H](O[C@@H]3O[C@H](CO)[C@@H](O)[C@H]3O)[C@@H](O)[C@H](NCCC(N)=O)C[C@@H]2N)O1. The molecule has 0 unspecified atom stereocenters. The minimum Gasteiger partial charge on any atom is -0.394 e. The molecule has 0 aromatic rings. The van der Waals surface area contributed by atoms with Crippen LogP contribution in [0.5, 0.6) is 0 Å². The van der Waals surface area contributed by atoms with Crippen molar-refractivity contribution >= 4 is 5.91 Å². The average Bonchev–Trinajstić information content (AvgIpc) is 3.07. The van der Waals surface area contributed by atoms with Crippen molar-refractivity contribution in [1.82, 2.24) is 5.32 Å². The van der Waals surface area contributed by atoms with Crippen molar-refractivity contribution in [2.45, 2.75) is 99.1 Å². The van der Waals surface area contributed by atoms with Gasteiger partial charge in [-0.3, -0.25) is 4.79 Å². The highest BCUT2D eigenvalue weighted by molar-refractivity contribution is 5.73. The lowest BCUT2D eigenvalue weighted by Gasteiger charge is -2.46. The predicted molar refractivity (Wildman–Crippen MR) is 117 cm³/mol. The molecular formula is C20H39N5O9. The standard InChI is InChI=1S/C20H39N5O9/c21-6-8-1-2-9(22)19(31-8)33-17-10(23)5-11(25-4-3-13(24)27)14(28)18(17)34-20-16(30)15(29)12(7-26)32-20/h8-12,14-20,25-26,28-30H,1-7,21-23H2,(H2,24,27)/t8-,9+,10-,11+,12+,14-,15+,16+,17+,18+,19+,20-/m0/s1. The molecule has 2 heterocycles. The number of hydrogen-bond donors (Lipinski definition) is 9. The van der Waals surface area contributed by atoms with Crippen LogP contribution in [0.15, 0.2) is 0 Å². The molecule has 34 heavy (non-hydrogen) atoms. The molecule has 12 atom stereocenters. The molecule has 0 aromatic heterocycles. The van der Waals surface area contributed by atoms with Gasteiger partial charge in [-0.05, 0) is 19.3 Å². The summed E-state index contributed by atoms with van der Waals surface area (Å²) in [6.07, 6.45) is -7.97. The lowest BCUT2D eigenvalue weighted by molar-refractivity contribution is -0.288. The van der Waals surface area contributed by atoms with Gasteiger partial charge in [-0.25, -0.2) is 0 Å². The molecule has 13 N–H and O–H groups in total. The van der Waals surface area contributed by atoms with Crippen LogP contribution >= 0.6 is 0 Å². The largest absolute Gasteiger partial charge is 0.394 e. The van der Waals surface area contributed by atoms with E-state index in [1.165, 1.54) is 0 Å². The third-order valence-corrected chi connectivity index (χ3v) is 6.64. The highest BCUT2D eigenvalue weighted by atomic mass is 16.7. The molecule has 0 aromatic carbocycles. The highest BCUT2D eigenvalue weighted by Gasteiger charge is 2.51. The summed E-state index contributed by atoms with van der Waals surface area (Å²) in [4.78, 5) is 11.1. The minimum atomic E-state index is -1.47. The van der Waals surface area contributed by atoms with Gasteiger partial charge in [0.15, 0.2) is 12.6 Å². The van der Waals surface area contributed by atoms with Crippen LogP contribution in [0.2, 0.25) is 0 Å².